The Morgan fingerprint density at radius 3 is 2.52 bits per heavy atom. The summed E-state index contributed by atoms with van der Waals surface area (Å²) in [4.78, 5) is 10.7. The van der Waals surface area contributed by atoms with E-state index < -0.39 is 17.0 Å². The van der Waals surface area contributed by atoms with Gasteiger partial charge in [-0.15, -0.1) is 11.3 Å². The lowest BCUT2D eigenvalue weighted by atomic mass is 10.1. The van der Waals surface area contributed by atoms with E-state index in [2.05, 4.69) is 12.1 Å². The number of halogens is 1. The van der Waals surface area contributed by atoms with Crippen LogP contribution >= 0.6 is 22.9 Å². The minimum absolute atomic E-state index is 0.124. The monoisotopic (exact) mass is 342 g/mol. The zero-order chi connectivity index (χ0) is 15.4. The molecule has 0 bridgehead atoms. The summed E-state index contributed by atoms with van der Waals surface area (Å²) < 4.78 is 20.7. The summed E-state index contributed by atoms with van der Waals surface area (Å²) in [7, 11) is 0. The Bertz CT molecular complexity index is 656. The van der Waals surface area contributed by atoms with Gasteiger partial charge in [-0.1, -0.05) is 17.7 Å². The van der Waals surface area contributed by atoms with Crippen LogP contribution in [0.4, 0.5) is 0 Å². The van der Waals surface area contributed by atoms with Gasteiger partial charge < -0.3 is 10.3 Å². The van der Waals surface area contributed by atoms with Crippen molar-refractivity contribution in [2.75, 3.05) is 0 Å². The molecule has 1 heterocycles. The van der Waals surface area contributed by atoms with Crippen LogP contribution < -0.4 is 5.73 Å². The molecule has 112 valence electrons. The van der Waals surface area contributed by atoms with E-state index in [0.29, 0.717) is 0 Å². The molecule has 2 aromatic rings. The maximum atomic E-state index is 10.5. The number of benzene rings is 1. The highest BCUT2D eigenvalue weighted by molar-refractivity contribution is 7.81. The third-order valence-electron chi connectivity index (χ3n) is 3.05. The zero-order valence-corrected chi connectivity index (χ0v) is 13.4. The Balaban J connectivity index is 0.000000154. The van der Waals surface area contributed by atoms with E-state index in [9.17, 15) is 13.6 Å². The standard InChI is InChI=1S/C9H9Cl.C5H5NO3S2/c10-9-5-4-7-2-1-3-8(7)6-9;6-5(7)3-1-2-4(10-3)11(8)9/h4-6H,1-3H2;1-2H,(H2,6,7)(H,8,9)/p-1. The van der Waals surface area contributed by atoms with Crippen molar-refractivity contribution in [1.82, 2.24) is 0 Å². The third-order valence-corrected chi connectivity index (χ3v) is 5.30. The summed E-state index contributed by atoms with van der Waals surface area (Å²) >= 11 is 4.42. The molecule has 0 aliphatic heterocycles. The van der Waals surface area contributed by atoms with Crippen molar-refractivity contribution in [3.63, 3.8) is 0 Å². The topological polar surface area (TPSA) is 83.2 Å². The number of nitrogens with two attached hydrogens (primary N) is 1. The molecular weight excluding hydrogens is 330 g/mol. The summed E-state index contributed by atoms with van der Waals surface area (Å²) in [6.07, 6.45) is 3.76. The third kappa shape index (κ3) is 4.38. The normalized spacial score (nSPS) is 14.0. The molecule has 0 saturated carbocycles. The van der Waals surface area contributed by atoms with E-state index in [1.165, 1.54) is 42.5 Å². The molecule has 1 aromatic heterocycles. The lowest BCUT2D eigenvalue weighted by molar-refractivity contribution is 0.100. The van der Waals surface area contributed by atoms with Gasteiger partial charge >= 0.3 is 0 Å². The van der Waals surface area contributed by atoms with Gasteiger partial charge in [-0.25, -0.2) is 0 Å². The largest absolute Gasteiger partial charge is 0.768 e. The lowest BCUT2D eigenvalue weighted by Crippen LogP contribution is -2.08. The summed E-state index contributed by atoms with van der Waals surface area (Å²) in [5, 5.41) is 0.876. The number of hydrogen-bond acceptors (Lipinski definition) is 4. The van der Waals surface area contributed by atoms with Crippen molar-refractivity contribution in [1.29, 1.82) is 0 Å². The molecule has 0 spiro atoms. The first-order valence-corrected chi connectivity index (χ1v) is 8.50. The van der Waals surface area contributed by atoms with E-state index in [0.717, 1.165) is 16.4 Å². The van der Waals surface area contributed by atoms with Crippen LogP contribution in [0.3, 0.4) is 0 Å². The van der Waals surface area contributed by atoms with E-state index >= 15 is 0 Å². The van der Waals surface area contributed by atoms with E-state index in [4.69, 9.17) is 17.3 Å². The van der Waals surface area contributed by atoms with E-state index in [1.54, 1.807) is 0 Å². The molecule has 1 aliphatic carbocycles. The number of carbonyl (C=O) groups is 1. The van der Waals surface area contributed by atoms with Crippen molar-refractivity contribution >= 4 is 39.9 Å². The fourth-order valence-corrected chi connectivity index (χ4v) is 3.59. The minimum Gasteiger partial charge on any atom is -0.768 e. The van der Waals surface area contributed by atoms with Crippen molar-refractivity contribution < 1.29 is 13.6 Å². The Morgan fingerprint density at radius 2 is 1.95 bits per heavy atom. The molecule has 0 radical (unpaired) electrons. The first-order valence-electron chi connectivity index (χ1n) is 6.23. The Morgan fingerprint density at radius 1 is 1.24 bits per heavy atom. The summed E-state index contributed by atoms with van der Waals surface area (Å²) in [6, 6.07) is 8.94. The number of carbonyl (C=O) groups excluding carboxylic acids is 1. The number of amides is 1. The SMILES string of the molecule is Clc1ccc2c(c1)CCC2.NC(=O)c1ccc(S(=O)[O-])s1. The van der Waals surface area contributed by atoms with Crippen LogP contribution in [-0.2, 0) is 23.9 Å². The maximum absolute atomic E-state index is 10.5. The van der Waals surface area contributed by atoms with Crippen LogP contribution in [0.15, 0.2) is 34.5 Å². The second-order valence-electron chi connectivity index (χ2n) is 4.48. The van der Waals surface area contributed by atoms with Gasteiger partial charge in [0, 0.05) is 5.02 Å². The predicted octanol–water partition coefficient (Wildman–Crippen LogP) is 2.91. The Hall–Kier alpha value is -1.21. The molecule has 0 fully saturated rings. The number of aryl methyl sites for hydroxylation is 2. The van der Waals surface area contributed by atoms with Crippen molar-refractivity contribution in [3.05, 3.63) is 51.4 Å². The molecule has 1 aromatic carbocycles. The lowest BCUT2D eigenvalue weighted by Gasteiger charge is -1.97. The summed E-state index contributed by atoms with van der Waals surface area (Å²) in [6.45, 7) is 0. The zero-order valence-electron chi connectivity index (χ0n) is 11.0. The molecule has 7 heteroatoms. The van der Waals surface area contributed by atoms with Crippen LogP contribution in [0.5, 0.6) is 0 Å². The summed E-state index contributed by atoms with van der Waals surface area (Å²) in [5.74, 6) is -0.605. The molecule has 3 rings (SSSR count). The predicted molar refractivity (Wildman–Crippen MR) is 83.5 cm³/mol. The fraction of sp³-hybridized carbons (Fsp3) is 0.214. The molecule has 21 heavy (non-hydrogen) atoms. The molecule has 1 amide bonds. The Kier molecular flexibility index (Phi) is 5.52. The van der Waals surface area contributed by atoms with Crippen LogP contribution in [0.25, 0.3) is 0 Å². The van der Waals surface area contributed by atoms with Crippen LogP contribution in [0.2, 0.25) is 5.02 Å². The van der Waals surface area contributed by atoms with Gasteiger partial charge in [0.15, 0.2) is 0 Å². The van der Waals surface area contributed by atoms with Gasteiger partial charge in [0.05, 0.1) is 9.09 Å². The summed E-state index contributed by atoms with van der Waals surface area (Å²) in [5.41, 5.74) is 7.84. The smallest absolute Gasteiger partial charge is 0.258 e. The quantitative estimate of drug-likeness (QED) is 0.852. The van der Waals surface area contributed by atoms with Gasteiger partial charge in [-0.2, -0.15) is 0 Å². The highest BCUT2D eigenvalue weighted by Crippen LogP contribution is 2.24. The Labute approximate surface area is 134 Å². The molecule has 1 unspecified atom stereocenters. The van der Waals surface area contributed by atoms with E-state index in [-0.39, 0.29) is 9.09 Å². The molecule has 2 N–H and O–H groups in total. The van der Waals surface area contributed by atoms with Crippen LogP contribution in [0, 0.1) is 0 Å². The first kappa shape index (κ1) is 16.2. The van der Waals surface area contributed by atoms with Gasteiger partial charge in [0.25, 0.3) is 5.91 Å². The molecule has 1 aliphatic rings. The van der Waals surface area contributed by atoms with Crippen LogP contribution in [-0.4, -0.2) is 14.7 Å². The van der Waals surface area contributed by atoms with Gasteiger partial charge in [0.2, 0.25) is 0 Å². The van der Waals surface area contributed by atoms with Gasteiger partial charge in [-0.3, -0.25) is 9.00 Å². The van der Waals surface area contributed by atoms with Gasteiger partial charge in [-0.05, 0) is 65.7 Å². The number of rotatable bonds is 2. The fourth-order valence-electron chi connectivity index (χ4n) is 2.08. The molecule has 0 saturated heterocycles. The highest BCUT2D eigenvalue weighted by Gasteiger charge is 2.09. The molecule has 4 nitrogen and oxygen atoms in total. The average Bonchev–Trinajstić information content (AvgIpc) is 3.07. The maximum Gasteiger partial charge on any atom is 0.258 e. The second-order valence-corrected chi connectivity index (χ2v) is 7.17. The number of thiophene rings is 1. The van der Waals surface area contributed by atoms with Gasteiger partial charge in [0.1, 0.15) is 0 Å². The first-order chi connectivity index (χ1) is 9.97. The van der Waals surface area contributed by atoms with Crippen molar-refractivity contribution in [2.45, 2.75) is 23.5 Å². The van der Waals surface area contributed by atoms with Crippen molar-refractivity contribution in [2.24, 2.45) is 5.73 Å². The number of primary amides is 1. The molecular formula is C14H13ClNO3S2-. The number of fused-ring (bicyclic) bond motifs is 1. The van der Waals surface area contributed by atoms with Crippen molar-refractivity contribution in [3.8, 4) is 0 Å². The average molecular weight is 343 g/mol. The van der Waals surface area contributed by atoms with E-state index in [1.807, 2.05) is 6.07 Å². The highest BCUT2D eigenvalue weighted by atomic mass is 35.5. The number of hydrogen-bond donors (Lipinski definition) is 1. The van der Waals surface area contributed by atoms with Crippen LogP contribution in [0.1, 0.15) is 27.2 Å². The second kappa shape index (κ2) is 7.17. The minimum atomic E-state index is -2.26. The molecule has 1 atom stereocenters.